The topological polar surface area (TPSA) is 44.8 Å². The van der Waals surface area contributed by atoms with Crippen LogP contribution in [0.1, 0.15) is 5.56 Å². The Morgan fingerprint density at radius 2 is 2.12 bits per heavy atom. The molecule has 86 valence electrons. The summed E-state index contributed by atoms with van der Waals surface area (Å²) in [6.45, 7) is 1.02. The molecule has 16 heavy (non-hydrogen) atoms. The Morgan fingerprint density at radius 1 is 1.38 bits per heavy atom. The minimum atomic E-state index is -0.702. The van der Waals surface area contributed by atoms with Crippen LogP contribution in [0.25, 0.3) is 0 Å². The van der Waals surface area contributed by atoms with Crippen molar-refractivity contribution in [2.75, 3.05) is 13.2 Å². The van der Waals surface area contributed by atoms with Crippen molar-refractivity contribution in [3.63, 3.8) is 0 Å². The van der Waals surface area contributed by atoms with Gasteiger partial charge in [0.25, 0.3) is 0 Å². The fourth-order valence-electron chi connectivity index (χ4n) is 1.32. The minimum Gasteiger partial charge on any atom is -0.375 e. The number of halogens is 1. The van der Waals surface area contributed by atoms with Crippen molar-refractivity contribution in [2.45, 2.75) is 10.0 Å². The third-order valence-corrected chi connectivity index (χ3v) is 3.29. The molecule has 0 N–H and O–H groups in total. The quantitative estimate of drug-likeness (QED) is 0.479. The molecule has 0 saturated carbocycles. The van der Waals surface area contributed by atoms with Gasteiger partial charge in [-0.05, 0) is 5.56 Å². The van der Waals surface area contributed by atoms with Gasteiger partial charge in [0.2, 0.25) is 0 Å². The van der Waals surface area contributed by atoms with Crippen molar-refractivity contribution in [1.29, 1.82) is 0 Å². The van der Waals surface area contributed by atoms with E-state index in [-0.39, 0.29) is 12.6 Å². The van der Waals surface area contributed by atoms with Gasteiger partial charge in [-0.1, -0.05) is 52.9 Å². The van der Waals surface area contributed by atoms with E-state index in [0.717, 1.165) is 5.56 Å². The van der Waals surface area contributed by atoms with Gasteiger partial charge in [-0.2, -0.15) is 4.89 Å². The first-order chi connectivity index (χ1) is 7.71. The van der Waals surface area contributed by atoms with Crippen LogP contribution in [-0.2, 0) is 25.9 Å². The summed E-state index contributed by atoms with van der Waals surface area (Å²) < 4.78 is 4.79. The summed E-state index contributed by atoms with van der Waals surface area (Å²) >= 11 is 2.01. The lowest BCUT2D eigenvalue weighted by molar-refractivity contribution is -0.240. The molecule has 1 aromatic rings. The minimum absolute atomic E-state index is 0.237. The van der Waals surface area contributed by atoms with E-state index in [9.17, 15) is 4.79 Å². The molecule has 1 fully saturated rings. The first-order valence-electron chi connectivity index (χ1n) is 4.85. The van der Waals surface area contributed by atoms with Crippen LogP contribution in [0, 0.1) is 0 Å². The van der Waals surface area contributed by atoms with Crippen LogP contribution in [0.2, 0.25) is 0 Å². The van der Waals surface area contributed by atoms with E-state index in [1.807, 2.05) is 52.9 Å². The van der Waals surface area contributed by atoms with Gasteiger partial charge in [-0.25, -0.2) is 4.79 Å². The first kappa shape index (κ1) is 11.8. The van der Waals surface area contributed by atoms with Gasteiger partial charge in [0.1, 0.15) is 6.61 Å². The fraction of sp³-hybridized carbons (Fsp3) is 0.364. The molecule has 1 aromatic carbocycles. The Labute approximate surface area is 107 Å². The molecule has 4 nitrogen and oxygen atoms in total. The molecule has 1 aliphatic heterocycles. The average Bonchev–Trinajstić information content (AvgIpc) is 2.61. The molecule has 1 unspecified atom stereocenters. The summed E-state index contributed by atoms with van der Waals surface area (Å²) in [5.74, 6) is -0.374. The van der Waals surface area contributed by atoms with Gasteiger partial charge in [-0.3, -0.25) is 4.89 Å². The number of hydrogen-bond acceptors (Lipinski definition) is 4. The summed E-state index contributed by atoms with van der Waals surface area (Å²) in [5.41, 5.74) is 1.08. The highest BCUT2D eigenvalue weighted by Gasteiger charge is 2.44. The highest BCUT2D eigenvalue weighted by Crippen LogP contribution is 2.27. The molecule has 2 rings (SSSR count). The van der Waals surface area contributed by atoms with Crippen LogP contribution < -0.4 is 0 Å². The molecule has 0 aromatic heterocycles. The predicted octanol–water partition coefficient (Wildman–Crippen LogP) is 1.87. The molecule has 0 radical (unpaired) electrons. The van der Waals surface area contributed by atoms with Crippen molar-refractivity contribution in [2.24, 2.45) is 0 Å². The van der Waals surface area contributed by atoms with E-state index in [1.54, 1.807) is 0 Å². The number of benzene rings is 1. The van der Waals surface area contributed by atoms with Gasteiger partial charge in [-0.15, -0.1) is 0 Å². The Hall–Kier alpha value is -0.660. The second kappa shape index (κ2) is 5.11. The number of alkyl halides is 1. The molecular formula is C11H11IO4. The fourth-order valence-corrected chi connectivity index (χ4v) is 1.75. The van der Waals surface area contributed by atoms with Crippen LogP contribution in [0.5, 0.6) is 0 Å². The van der Waals surface area contributed by atoms with E-state index in [2.05, 4.69) is 9.78 Å². The Bertz CT molecular complexity index is 368. The molecule has 5 heteroatoms. The lowest BCUT2D eigenvalue weighted by atomic mass is 10.2. The van der Waals surface area contributed by atoms with Crippen molar-refractivity contribution < 1.29 is 19.3 Å². The van der Waals surface area contributed by atoms with Gasteiger partial charge >= 0.3 is 5.97 Å². The smallest absolute Gasteiger partial charge is 0.362 e. The van der Waals surface area contributed by atoms with Crippen molar-refractivity contribution in [3.05, 3.63) is 35.9 Å². The normalized spacial score (nSPS) is 24.4. The Morgan fingerprint density at radius 3 is 2.75 bits per heavy atom. The van der Waals surface area contributed by atoms with Gasteiger partial charge < -0.3 is 4.74 Å². The zero-order chi connectivity index (χ0) is 11.4. The molecule has 1 heterocycles. The highest BCUT2D eigenvalue weighted by atomic mass is 127. The van der Waals surface area contributed by atoms with Gasteiger partial charge in [0.05, 0.1) is 13.2 Å². The number of ether oxygens (including phenoxy) is 1. The van der Waals surface area contributed by atoms with Crippen LogP contribution in [0.15, 0.2) is 30.3 Å². The van der Waals surface area contributed by atoms with Crippen molar-refractivity contribution in [1.82, 2.24) is 0 Å². The standard InChI is InChI=1S/C11H11IO4/c12-11(8-15-16-10(11)13)7-14-6-9-4-2-1-3-5-9/h1-5H,6-8H2. The maximum atomic E-state index is 11.3. The largest absolute Gasteiger partial charge is 0.375 e. The number of rotatable bonds is 4. The molecule has 0 amide bonds. The molecule has 1 saturated heterocycles. The van der Waals surface area contributed by atoms with E-state index >= 15 is 0 Å². The third kappa shape index (κ3) is 2.72. The number of hydrogen-bond donors (Lipinski definition) is 0. The number of carbonyl (C=O) groups excluding carboxylic acids is 1. The Balaban J connectivity index is 1.82. The zero-order valence-corrected chi connectivity index (χ0v) is 10.7. The maximum absolute atomic E-state index is 11.3. The van der Waals surface area contributed by atoms with E-state index in [4.69, 9.17) is 4.74 Å². The average molecular weight is 334 g/mol. The molecule has 1 atom stereocenters. The van der Waals surface area contributed by atoms with Crippen molar-refractivity contribution in [3.8, 4) is 0 Å². The third-order valence-electron chi connectivity index (χ3n) is 2.23. The first-order valence-corrected chi connectivity index (χ1v) is 5.93. The summed E-state index contributed by atoms with van der Waals surface area (Å²) in [6.07, 6.45) is 0. The molecule has 0 aliphatic carbocycles. The lowest BCUT2D eigenvalue weighted by Gasteiger charge is -2.14. The zero-order valence-electron chi connectivity index (χ0n) is 8.52. The van der Waals surface area contributed by atoms with Crippen molar-refractivity contribution >= 4 is 28.6 Å². The monoisotopic (exact) mass is 334 g/mol. The lowest BCUT2D eigenvalue weighted by Crippen LogP contribution is -2.35. The molecule has 1 aliphatic rings. The van der Waals surface area contributed by atoms with Crippen LogP contribution in [-0.4, -0.2) is 22.6 Å². The maximum Gasteiger partial charge on any atom is 0.362 e. The van der Waals surface area contributed by atoms with E-state index in [0.29, 0.717) is 13.2 Å². The summed E-state index contributed by atoms with van der Waals surface area (Å²) in [7, 11) is 0. The highest BCUT2D eigenvalue weighted by molar-refractivity contribution is 14.1. The molecule has 0 spiro atoms. The predicted molar refractivity (Wildman–Crippen MR) is 64.9 cm³/mol. The SMILES string of the molecule is O=C1OOCC1(I)COCc1ccccc1. The van der Waals surface area contributed by atoms with Crippen LogP contribution >= 0.6 is 22.6 Å². The molecule has 0 bridgehead atoms. The van der Waals surface area contributed by atoms with Gasteiger partial charge in [0, 0.05) is 0 Å². The summed E-state index contributed by atoms with van der Waals surface area (Å²) in [5, 5.41) is 0. The van der Waals surface area contributed by atoms with Crippen LogP contribution in [0.3, 0.4) is 0 Å². The van der Waals surface area contributed by atoms with E-state index < -0.39 is 3.42 Å². The van der Waals surface area contributed by atoms with E-state index in [1.165, 1.54) is 0 Å². The molecular weight excluding hydrogens is 323 g/mol. The van der Waals surface area contributed by atoms with Gasteiger partial charge in [0.15, 0.2) is 3.42 Å². The second-order valence-electron chi connectivity index (χ2n) is 3.58. The number of carbonyl (C=O) groups is 1. The second-order valence-corrected chi connectivity index (χ2v) is 5.64. The summed E-state index contributed by atoms with van der Waals surface area (Å²) in [4.78, 5) is 20.4. The van der Waals surface area contributed by atoms with Crippen LogP contribution in [0.4, 0.5) is 0 Å². The summed E-state index contributed by atoms with van der Waals surface area (Å²) in [6, 6.07) is 9.80. The Kier molecular flexibility index (Phi) is 3.78.